The van der Waals surface area contributed by atoms with Gasteiger partial charge in [0.25, 0.3) is 0 Å². The summed E-state index contributed by atoms with van der Waals surface area (Å²) in [6, 6.07) is 0. The lowest BCUT2D eigenvalue weighted by Gasteiger charge is -2.40. The number of nitrogens with zero attached hydrogens (tertiary/aromatic N) is 2. The molecule has 1 unspecified atom stereocenters. The number of aromatic nitrogens is 1. The van der Waals surface area contributed by atoms with Crippen LogP contribution in [-0.4, -0.2) is 55.7 Å². The molecule has 2 aliphatic rings. The highest BCUT2D eigenvalue weighted by atomic mass is 35.5. The predicted molar refractivity (Wildman–Crippen MR) is 135 cm³/mol. The van der Waals surface area contributed by atoms with Gasteiger partial charge in [-0.3, -0.25) is 0 Å². The third-order valence-corrected chi connectivity index (χ3v) is 11.4. The van der Waals surface area contributed by atoms with Crippen LogP contribution >= 0.6 is 11.6 Å². The van der Waals surface area contributed by atoms with Gasteiger partial charge < -0.3 is 24.5 Å². The molecule has 33 heavy (non-hydrogen) atoms. The highest BCUT2D eigenvalue weighted by Crippen LogP contribution is 2.44. The van der Waals surface area contributed by atoms with Crippen LogP contribution in [0.2, 0.25) is 23.2 Å². The van der Waals surface area contributed by atoms with E-state index in [1.165, 1.54) is 0 Å². The molecule has 1 aromatic rings. The van der Waals surface area contributed by atoms with Crippen molar-refractivity contribution in [2.24, 2.45) is 0 Å². The predicted octanol–water partition coefficient (Wildman–Crippen LogP) is 5.67. The molecule has 3 heterocycles. The number of hydrogen-bond donors (Lipinski definition) is 1. The molecule has 0 radical (unpaired) electrons. The Morgan fingerprint density at radius 1 is 1.27 bits per heavy atom. The van der Waals surface area contributed by atoms with Gasteiger partial charge >= 0.3 is 6.09 Å². The minimum absolute atomic E-state index is 0.0308. The van der Waals surface area contributed by atoms with Crippen molar-refractivity contribution < 1.29 is 18.7 Å². The average molecular weight is 496 g/mol. The van der Waals surface area contributed by atoms with E-state index >= 15 is 0 Å². The lowest BCUT2D eigenvalue weighted by atomic mass is 9.98. The van der Waals surface area contributed by atoms with Crippen LogP contribution in [0.1, 0.15) is 59.2 Å². The van der Waals surface area contributed by atoms with Crippen molar-refractivity contribution in [3.8, 4) is 5.75 Å². The topological polar surface area (TPSA) is 86.9 Å². The van der Waals surface area contributed by atoms with Gasteiger partial charge in [-0.25, -0.2) is 9.78 Å². The van der Waals surface area contributed by atoms with Gasteiger partial charge in [0.1, 0.15) is 17.2 Å². The van der Waals surface area contributed by atoms with Crippen LogP contribution < -0.4 is 10.5 Å². The van der Waals surface area contributed by atoms with Gasteiger partial charge in [-0.05, 0) is 50.9 Å². The molecule has 3 rings (SSSR count). The molecular formula is C24H38ClN3O4Si. The first-order valence-corrected chi connectivity index (χ1v) is 14.8. The van der Waals surface area contributed by atoms with E-state index in [4.69, 9.17) is 31.2 Å². The summed E-state index contributed by atoms with van der Waals surface area (Å²) in [6.45, 7) is 18.0. The zero-order chi connectivity index (χ0) is 24.8. The number of nitrogens with two attached hydrogens (primary N) is 1. The largest absolute Gasteiger partial charge is 0.491 e. The molecule has 9 heteroatoms. The van der Waals surface area contributed by atoms with E-state index in [0.717, 1.165) is 16.8 Å². The lowest BCUT2D eigenvalue weighted by Crippen LogP contribution is -2.48. The Hall–Kier alpha value is -1.77. The molecular weight excluding hydrogens is 458 g/mol. The van der Waals surface area contributed by atoms with Crippen LogP contribution in [0.4, 0.5) is 10.6 Å². The van der Waals surface area contributed by atoms with Crippen LogP contribution in [0.3, 0.4) is 0 Å². The van der Waals surface area contributed by atoms with Crippen molar-refractivity contribution in [3.05, 3.63) is 22.4 Å². The second kappa shape index (κ2) is 9.11. The Morgan fingerprint density at radius 3 is 2.55 bits per heavy atom. The van der Waals surface area contributed by atoms with Crippen LogP contribution in [0.15, 0.2) is 6.08 Å². The van der Waals surface area contributed by atoms with Crippen molar-refractivity contribution in [1.82, 2.24) is 9.88 Å². The Kier molecular flexibility index (Phi) is 7.14. The Balaban J connectivity index is 2.01. The Bertz CT molecular complexity index is 950. The summed E-state index contributed by atoms with van der Waals surface area (Å²) in [4.78, 5) is 19.1. The average Bonchev–Trinajstić information content (AvgIpc) is 2.99. The maximum atomic E-state index is 13.0. The van der Waals surface area contributed by atoms with E-state index in [1.807, 2.05) is 26.8 Å². The number of rotatable bonds is 3. The highest BCUT2D eigenvalue weighted by molar-refractivity contribution is 6.74. The SMILES string of the molecule is CC(C)(C)OC(=O)N1CC=C(c2c(Cl)c(N)nc3c2OCC3)CC(O[Si](C)(C)C(C)(C)C)C1. The van der Waals surface area contributed by atoms with E-state index in [0.29, 0.717) is 49.1 Å². The summed E-state index contributed by atoms with van der Waals surface area (Å²) in [6.07, 6.45) is 2.73. The number of fused-ring (bicyclic) bond motifs is 1. The van der Waals surface area contributed by atoms with Gasteiger partial charge in [0, 0.05) is 25.1 Å². The quantitative estimate of drug-likeness (QED) is 0.544. The third kappa shape index (κ3) is 5.84. The molecule has 0 saturated heterocycles. The van der Waals surface area contributed by atoms with Gasteiger partial charge in [0.2, 0.25) is 0 Å². The molecule has 2 aliphatic heterocycles. The summed E-state index contributed by atoms with van der Waals surface area (Å²) in [7, 11) is -2.11. The summed E-state index contributed by atoms with van der Waals surface area (Å²) < 4.78 is 18.4. The molecule has 1 aromatic heterocycles. The highest BCUT2D eigenvalue weighted by Gasteiger charge is 2.41. The van der Waals surface area contributed by atoms with Crippen LogP contribution in [-0.2, 0) is 15.6 Å². The summed E-state index contributed by atoms with van der Waals surface area (Å²) >= 11 is 6.66. The fraction of sp³-hybridized carbons (Fsp3) is 0.667. The number of carbonyl (C=O) groups is 1. The first-order valence-electron chi connectivity index (χ1n) is 11.5. The second-order valence-electron chi connectivity index (χ2n) is 11.4. The van der Waals surface area contributed by atoms with Gasteiger partial charge in [-0.1, -0.05) is 38.4 Å². The van der Waals surface area contributed by atoms with Gasteiger partial charge in [-0.15, -0.1) is 0 Å². The summed E-state index contributed by atoms with van der Waals surface area (Å²) in [5.74, 6) is 0.990. The molecule has 0 bridgehead atoms. The number of anilines is 1. The van der Waals surface area contributed by atoms with Crippen LogP contribution in [0.25, 0.3) is 5.57 Å². The third-order valence-electron chi connectivity index (χ3n) is 6.44. The first-order chi connectivity index (χ1) is 15.1. The molecule has 0 aromatic carbocycles. The summed E-state index contributed by atoms with van der Waals surface area (Å²) in [5.41, 5.74) is 8.12. The van der Waals surface area contributed by atoms with Gasteiger partial charge in [0.05, 0.1) is 23.4 Å². The van der Waals surface area contributed by atoms with E-state index in [2.05, 4.69) is 38.8 Å². The lowest BCUT2D eigenvalue weighted by molar-refractivity contribution is 0.0196. The monoisotopic (exact) mass is 495 g/mol. The number of carbonyl (C=O) groups excluding carboxylic acids is 1. The van der Waals surface area contributed by atoms with Gasteiger partial charge in [0.15, 0.2) is 8.32 Å². The molecule has 0 saturated carbocycles. The molecule has 1 amide bonds. The zero-order valence-electron chi connectivity index (χ0n) is 21.2. The fourth-order valence-electron chi connectivity index (χ4n) is 3.76. The minimum Gasteiger partial charge on any atom is -0.491 e. The number of ether oxygens (including phenoxy) is 2. The van der Waals surface area contributed by atoms with Crippen LogP contribution in [0.5, 0.6) is 5.75 Å². The number of amides is 1. The van der Waals surface area contributed by atoms with Crippen molar-refractivity contribution >= 4 is 37.4 Å². The zero-order valence-corrected chi connectivity index (χ0v) is 22.9. The smallest absolute Gasteiger partial charge is 0.410 e. The molecule has 0 fully saturated rings. The standard InChI is InChI=1S/C24H38ClN3O4Si/c1-23(2,3)31-22(29)28-11-9-15(13-16(14-28)32-33(7,8)24(4,5)6)18-19(25)21(26)27-17-10-12-30-20(17)18/h9,16H,10-14H2,1-8H3,(H2,26,27). The normalized spacial score (nSPS) is 19.5. The molecule has 184 valence electrons. The maximum absolute atomic E-state index is 13.0. The van der Waals surface area contributed by atoms with Crippen molar-refractivity contribution in [1.29, 1.82) is 0 Å². The van der Waals surface area contributed by atoms with Crippen molar-refractivity contribution in [2.75, 3.05) is 25.4 Å². The first kappa shape index (κ1) is 25.8. The molecule has 0 aliphatic carbocycles. The minimum atomic E-state index is -2.11. The van der Waals surface area contributed by atoms with Crippen LogP contribution in [0, 0.1) is 0 Å². The number of hydrogen-bond acceptors (Lipinski definition) is 6. The number of nitrogen functional groups attached to an aromatic ring is 1. The van der Waals surface area contributed by atoms with E-state index in [1.54, 1.807) is 4.90 Å². The van der Waals surface area contributed by atoms with E-state index in [9.17, 15) is 4.79 Å². The fourth-order valence-corrected chi connectivity index (χ4v) is 5.36. The number of pyridine rings is 1. The van der Waals surface area contributed by atoms with Crippen molar-refractivity contribution in [2.45, 2.75) is 84.2 Å². The molecule has 2 N–H and O–H groups in total. The Morgan fingerprint density at radius 2 is 1.94 bits per heavy atom. The molecule has 7 nitrogen and oxygen atoms in total. The number of halogens is 1. The van der Waals surface area contributed by atoms with E-state index in [-0.39, 0.29) is 17.2 Å². The van der Waals surface area contributed by atoms with Gasteiger partial charge in [-0.2, -0.15) is 0 Å². The van der Waals surface area contributed by atoms with E-state index < -0.39 is 13.9 Å². The Labute approximate surface area is 203 Å². The van der Waals surface area contributed by atoms with Crippen molar-refractivity contribution in [3.63, 3.8) is 0 Å². The molecule has 0 spiro atoms. The second-order valence-corrected chi connectivity index (χ2v) is 16.5. The molecule has 1 atom stereocenters. The maximum Gasteiger partial charge on any atom is 0.410 e. The summed E-state index contributed by atoms with van der Waals surface area (Å²) in [5, 5.41) is 0.418.